The number of carbonyl (C=O) groups excluding carboxylic acids is 2. The molecule has 0 bridgehead atoms. The second-order valence-corrected chi connectivity index (χ2v) is 9.77. The summed E-state index contributed by atoms with van der Waals surface area (Å²) < 4.78 is 27.5. The molecule has 0 saturated carbocycles. The first kappa shape index (κ1) is 22.5. The van der Waals surface area contributed by atoms with Gasteiger partial charge in [-0.1, -0.05) is 31.5 Å². The normalized spacial score (nSPS) is 11.6. The molecule has 28 heavy (non-hydrogen) atoms. The Labute approximate surface area is 174 Å². The molecule has 9 heteroatoms. The van der Waals surface area contributed by atoms with Gasteiger partial charge >= 0.3 is 0 Å². The molecule has 1 aromatic carbocycles. The van der Waals surface area contributed by atoms with Gasteiger partial charge in [-0.25, -0.2) is 8.42 Å². The molecule has 152 valence electrons. The Hall–Kier alpha value is -1.74. The molecule has 0 spiro atoms. The van der Waals surface area contributed by atoms with Gasteiger partial charge in [0, 0.05) is 31.6 Å². The maximum absolute atomic E-state index is 12.8. The van der Waals surface area contributed by atoms with Crippen LogP contribution in [0.15, 0.2) is 35.2 Å². The van der Waals surface area contributed by atoms with Crippen molar-refractivity contribution >= 4 is 50.3 Å². The van der Waals surface area contributed by atoms with Crippen LogP contribution >= 0.6 is 22.9 Å². The maximum atomic E-state index is 12.8. The summed E-state index contributed by atoms with van der Waals surface area (Å²) >= 11 is 6.99. The lowest BCUT2D eigenvalue weighted by atomic mass is 10.2. The number of aryl methyl sites for hydroxylation is 1. The Bertz CT molecular complexity index is 966. The number of thiophene rings is 1. The molecule has 0 unspecified atom stereocenters. The number of nitrogens with zero attached hydrogens (tertiary/aromatic N) is 1. The zero-order valence-electron chi connectivity index (χ0n) is 16.0. The van der Waals surface area contributed by atoms with E-state index in [1.165, 1.54) is 21.7 Å². The molecule has 2 rings (SSSR count). The zero-order valence-corrected chi connectivity index (χ0v) is 18.4. The van der Waals surface area contributed by atoms with Crippen LogP contribution in [0.25, 0.3) is 0 Å². The molecule has 1 aromatic heterocycles. The van der Waals surface area contributed by atoms with E-state index in [1.54, 1.807) is 45.0 Å². The van der Waals surface area contributed by atoms with E-state index in [9.17, 15) is 18.0 Å². The molecule has 1 N–H and O–H groups in total. The molecular formula is C19H23ClN2O4S2. The molecule has 1 amide bonds. The summed E-state index contributed by atoms with van der Waals surface area (Å²) in [4.78, 5) is 25.0. The quantitative estimate of drug-likeness (QED) is 0.585. The van der Waals surface area contributed by atoms with Crippen molar-refractivity contribution in [1.29, 1.82) is 0 Å². The average molecular weight is 443 g/mol. The number of hydrogen-bond acceptors (Lipinski definition) is 5. The number of halogens is 1. The van der Waals surface area contributed by atoms with Crippen LogP contribution in [0.4, 0.5) is 5.69 Å². The summed E-state index contributed by atoms with van der Waals surface area (Å²) in [6, 6.07) is 8.04. The fourth-order valence-electron chi connectivity index (χ4n) is 2.70. The van der Waals surface area contributed by atoms with Gasteiger partial charge in [0.15, 0.2) is 5.78 Å². The van der Waals surface area contributed by atoms with E-state index in [1.807, 2.05) is 0 Å². The Morgan fingerprint density at radius 2 is 1.79 bits per heavy atom. The van der Waals surface area contributed by atoms with E-state index < -0.39 is 10.0 Å². The molecule has 2 aromatic rings. The van der Waals surface area contributed by atoms with Crippen LogP contribution in [0.5, 0.6) is 0 Å². The highest BCUT2D eigenvalue weighted by atomic mass is 35.5. The van der Waals surface area contributed by atoms with E-state index in [4.69, 9.17) is 11.6 Å². The average Bonchev–Trinajstić information content (AvgIpc) is 3.08. The first-order valence-electron chi connectivity index (χ1n) is 8.88. The van der Waals surface area contributed by atoms with Crippen molar-refractivity contribution in [1.82, 2.24) is 4.31 Å². The maximum Gasteiger partial charge on any atom is 0.243 e. The highest BCUT2D eigenvalue weighted by Gasteiger charge is 2.24. The highest BCUT2D eigenvalue weighted by molar-refractivity contribution is 7.89. The minimum absolute atomic E-state index is 0.000354. The third-order valence-electron chi connectivity index (χ3n) is 4.22. The molecule has 0 aliphatic heterocycles. The van der Waals surface area contributed by atoms with Crippen molar-refractivity contribution in [2.24, 2.45) is 0 Å². The van der Waals surface area contributed by atoms with Crippen LogP contribution in [-0.4, -0.2) is 37.5 Å². The number of ketones is 1. The molecule has 0 atom stereocenters. The minimum atomic E-state index is -3.63. The molecule has 0 fully saturated rings. The third kappa shape index (κ3) is 5.41. The van der Waals surface area contributed by atoms with Crippen molar-refractivity contribution in [2.75, 3.05) is 18.4 Å². The van der Waals surface area contributed by atoms with Crippen molar-refractivity contribution in [3.8, 4) is 0 Å². The van der Waals surface area contributed by atoms with Gasteiger partial charge in [-0.05, 0) is 36.8 Å². The van der Waals surface area contributed by atoms with Crippen LogP contribution in [0.2, 0.25) is 4.34 Å². The Morgan fingerprint density at radius 1 is 1.11 bits per heavy atom. The van der Waals surface area contributed by atoms with Gasteiger partial charge in [0.1, 0.15) is 0 Å². The SMILES string of the molecule is CCN(CC)S(=O)(=O)c1cc(NC(=O)CCC(=O)c2ccc(Cl)s2)ccc1C. The van der Waals surface area contributed by atoms with Gasteiger partial charge in [-0.2, -0.15) is 4.31 Å². The number of benzene rings is 1. The molecule has 1 heterocycles. The number of Topliss-reactive ketones (excluding diaryl/α,β-unsaturated/α-hetero) is 1. The zero-order chi connectivity index (χ0) is 20.9. The van der Waals surface area contributed by atoms with Gasteiger partial charge in [0.05, 0.1) is 14.1 Å². The predicted octanol–water partition coefficient (Wildman–Crippen LogP) is 4.34. The summed E-state index contributed by atoms with van der Waals surface area (Å²) in [5.41, 5.74) is 0.989. The number of carbonyl (C=O) groups is 2. The van der Waals surface area contributed by atoms with E-state index >= 15 is 0 Å². The van der Waals surface area contributed by atoms with Crippen molar-refractivity contribution in [3.63, 3.8) is 0 Å². The first-order valence-corrected chi connectivity index (χ1v) is 11.5. The smallest absolute Gasteiger partial charge is 0.243 e. The number of sulfonamides is 1. The van der Waals surface area contributed by atoms with Crippen molar-refractivity contribution < 1.29 is 18.0 Å². The second kappa shape index (κ2) is 9.65. The largest absolute Gasteiger partial charge is 0.326 e. The van der Waals surface area contributed by atoms with Crippen LogP contribution in [0.1, 0.15) is 41.9 Å². The van der Waals surface area contributed by atoms with Gasteiger partial charge in [-0.3, -0.25) is 9.59 Å². The number of rotatable bonds is 9. The Kier molecular flexibility index (Phi) is 7.77. The topological polar surface area (TPSA) is 83.6 Å². The van der Waals surface area contributed by atoms with Gasteiger partial charge < -0.3 is 5.32 Å². The summed E-state index contributed by atoms with van der Waals surface area (Å²) in [6.45, 7) is 6.00. The fraction of sp³-hybridized carbons (Fsp3) is 0.368. The van der Waals surface area contributed by atoms with E-state index in [-0.39, 0.29) is 29.4 Å². The lowest BCUT2D eigenvalue weighted by Gasteiger charge is -2.20. The Balaban J connectivity index is 2.08. The van der Waals surface area contributed by atoms with Crippen LogP contribution in [0, 0.1) is 6.92 Å². The third-order valence-corrected chi connectivity index (χ3v) is 7.69. The standard InChI is InChI=1S/C19H23ClN2O4S2/c1-4-22(5-2)28(25,26)17-12-14(7-6-13(17)3)21-19(24)11-8-15(23)16-9-10-18(20)27-16/h6-7,9-10,12H,4-5,8,11H2,1-3H3,(H,21,24). The molecule has 0 radical (unpaired) electrons. The molecule has 0 aliphatic rings. The summed E-state index contributed by atoms with van der Waals surface area (Å²) in [5, 5.41) is 2.67. The molecule has 0 saturated heterocycles. The lowest BCUT2D eigenvalue weighted by Crippen LogP contribution is -2.31. The molecular weight excluding hydrogens is 420 g/mol. The number of hydrogen-bond donors (Lipinski definition) is 1. The van der Waals surface area contributed by atoms with Crippen LogP contribution < -0.4 is 5.32 Å². The number of amides is 1. The molecule has 0 aliphatic carbocycles. The first-order chi connectivity index (χ1) is 13.2. The second-order valence-electron chi connectivity index (χ2n) is 6.14. The van der Waals surface area contributed by atoms with Crippen LogP contribution in [0.3, 0.4) is 0 Å². The molecule has 6 nitrogen and oxygen atoms in total. The van der Waals surface area contributed by atoms with E-state index in [2.05, 4.69) is 5.32 Å². The number of nitrogens with one attached hydrogen (secondary N) is 1. The summed E-state index contributed by atoms with van der Waals surface area (Å²) in [6.07, 6.45) is 0.0551. The monoisotopic (exact) mass is 442 g/mol. The van der Waals surface area contributed by atoms with E-state index in [0.29, 0.717) is 33.6 Å². The minimum Gasteiger partial charge on any atom is -0.326 e. The van der Waals surface area contributed by atoms with Crippen molar-refractivity contribution in [3.05, 3.63) is 45.1 Å². The van der Waals surface area contributed by atoms with Gasteiger partial charge in [-0.15, -0.1) is 11.3 Å². The predicted molar refractivity (Wildman–Crippen MR) is 113 cm³/mol. The lowest BCUT2D eigenvalue weighted by molar-refractivity contribution is -0.116. The summed E-state index contributed by atoms with van der Waals surface area (Å²) in [5.74, 6) is -0.508. The fourth-order valence-corrected chi connectivity index (χ4v) is 5.42. The van der Waals surface area contributed by atoms with Gasteiger partial charge in [0.2, 0.25) is 15.9 Å². The van der Waals surface area contributed by atoms with Crippen LogP contribution in [-0.2, 0) is 14.8 Å². The van der Waals surface area contributed by atoms with E-state index in [0.717, 1.165) is 0 Å². The number of anilines is 1. The van der Waals surface area contributed by atoms with Crippen molar-refractivity contribution in [2.45, 2.75) is 38.5 Å². The summed E-state index contributed by atoms with van der Waals surface area (Å²) in [7, 11) is -3.63. The highest BCUT2D eigenvalue weighted by Crippen LogP contribution is 2.25. The van der Waals surface area contributed by atoms with Gasteiger partial charge in [0.25, 0.3) is 0 Å². The Morgan fingerprint density at radius 3 is 2.36 bits per heavy atom.